The fourth-order valence-electron chi connectivity index (χ4n) is 10.7. The van der Waals surface area contributed by atoms with Gasteiger partial charge < -0.3 is 48.6 Å². The van der Waals surface area contributed by atoms with Crippen molar-refractivity contribution in [3.05, 3.63) is 237 Å². The molecule has 0 spiro atoms. The van der Waals surface area contributed by atoms with Gasteiger partial charge in [0.2, 0.25) is 0 Å². The van der Waals surface area contributed by atoms with Crippen LogP contribution < -0.4 is 29.6 Å². The highest BCUT2D eigenvalue weighted by Crippen LogP contribution is 2.33. The number of aryl methyl sites for hydroxylation is 2. The van der Waals surface area contributed by atoms with Gasteiger partial charge in [-0.15, -0.1) is 0 Å². The zero-order chi connectivity index (χ0) is 61.4. The minimum atomic E-state index is -0.941. The number of nitrogens with zero attached hydrogens (tertiary/aromatic N) is 2. The molecular weight excluding hydrogens is 1080 g/mol. The van der Waals surface area contributed by atoms with Crippen LogP contribution in [0.4, 0.5) is 0 Å². The Hall–Kier alpha value is -10.1. The highest BCUT2D eigenvalue weighted by atomic mass is 16.6. The molecule has 0 aliphatic heterocycles. The van der Waals surface area contributed by atoms with Gasteiger partial charge in [0, 0.05) is 70.5 Å². The minimum Gasteiger partial charge on any atom is -0.493 e. The molecule has 14 heteroatoms. The number of fused-ring (bicyclic) bond motifs is 2. The van der Waals surface area contributed by atoms with E-state index in [4.69, 9.17) is 23.7 Å². The van der Waals surface area contributed by atoms with E-state index in [9.17, 15) is 24.3 Å². The van der Waals surface area contributed by atoms with Crippen LogP contribution >= 0.6 is 0 Å². The Bertz CT molecular complexity index is 4150. The summed E-state index contributed by atoms with van der Waals surface area (Å²) in [5.41, 5.74) is 15.5. The van der Waals surface area contributed by atoms with Crippen LogP contribution in [0.2, 0.25) is 0 Å². The van der Waals surface area contributed by atoms with Gasteiger partial charge in [-0.25, -0.2) is 9.59 Å². The van der Waals surface area contributed by atoms with Gasteiger partial charge in [-0.05, 0) is 177 Å². The van der Waals surface area contributed by atoms with Crippen molar-refractivity contribution in [3.8, 4) is 45.3 Å². The van der Waals surface area contributed by atoms with E-state index in [2.05, 4.69) is 59.6 Å². The Balaban J connectivity index is 0.000000206. The average Bonchev–Trinajstić information content (AvgIpc) is 1.80. The number of hydrogen-bond donors (Lipinski definition) is 3. The summed E-state index contributed by atoms with van der Waals surface area (Å²) in [4.78, 5) is 50.7. The number of carboxylic acids is 1. The molecule has 14 nitrogen and oxygen atoms in total. The zero-order valence-corrected chi connectivity index (χ0v) is 50.5. The molecule has 0 unspecified atom stereocenters. The second kappa shape index (κ2) is 26.2. The van der Waals surface area contributed by atoms with E-state index in [0.29, 0.717) is 71.4 Å². The number of nitrogens with one attached hydrogen (secondary N) is 2. The quantitative estimate of drug-likeness (QED) is 0.0703. The molecule has 0 radical (unpaired) electrons. The largest absolute Gasteiger partial charge is 0.493 e. The van der Waals surface area contributed by atoms with Gasteiger partial charge in [-0.2, -0.15) is 0 Å². The van der Waals surface area contributed by atoms with Gasteiger partial charge in [0.1, 0.15) is 5.60 Å². The summed E-state index contributed by atoms with van der Waals surface area (Å²) < 4.78 is 31.5. The number of amides is 2. The molecule has 0 aliphatic carbocycles. The number of carboxylic acid groups (broad SMARTS) is 1. The summed E-state index contributed by atoms with van der Waals surface area (Å²) in [5.74, 6) is 0.967. The van der Waals surface area contributed by atoms with Crippen LogP contribution in [0.5, 0.6) is 23.0 Å². The monoisotopic (exact) mass is 1150 g/mol. The summed E-state index contributed by atoms with van der Waals surface area (Å²) in [6.45, 7) is 16.0. The maximum absolute atomic E-state index is 13.1. The third-order valence-electron chi connectivity index (χ3n) is 15.5. The lowest BCUT2D eigenvalue weighted by atomic mass is 9.98. The summed E-state index contributed by atoms with van der Waals surface area (Å²) in [5, 5.41) is 17.7. The third-order valence-corrected chi connectivity index (χ3v) is 15.5. The van der Waals surface area contributed by atoms with E-state index >= 15 is 0 Å². The van der Waals surface area contributed by atoms with Crippen molar-refractivity contribution < 1.29 is 48.0 Å². The lowest BCUT2D eigenvalue weighted by molar-refractivity contribution is 0.00699. The van der Waals surface area contributed by atoms with Crippen molar-refractivity contribution in [2.24, 2.45) is 0 Å². The average molecular weight is 1150 g/mol. The molecule has 8 aromatic carbocycles. The first-order chi connectivity index (χ1) is 41.3. The number of esters is 1. The van der Waals surface area contributed by atoms with Crippen molar-refractivity contribution >= 4 is 45.6 Å². The summed E-state index contributed by atoms with van der Waals surface area (Å²) >= 11 is 0. The predicted molar refractivity (Wildman–Crippen MR) is 338 cm³/mol. The first-order valence-electron chi connectivity index (χ1n) is 28.3. The zero-order valence-electron chi connectivity index (χ0n) is 50.5. The molecule has 2 heterocycles. The van der Waals surface area contributed by atoms with E-state index in [-0.39, 0.29) is 23.3 Å². The molecule has 86 heavy (non-hydrogen) atoms. The van der Waals surface area contributed by atoms with Crippen molar-refractivity contribution in [3.63, 3.8) is 0 Å². The second-order valence-electron chi connectivity index (χ2n) is 22.1. The van der Waals surface area contributed by atoms with Gasteiger partial charge >= 0.3 is 11.9 Å². The minimum absolute atomic E-state index is 0.140. The Morgan fingerprint density at radius 3 is 1.23 bits per heavy atom. The highest BCUT2D eigenvalue weighted by molar-refractivity contribution is 6.01. The lowest BCUT2D eigenvalue weighted by Crippen LogP contribution is -2.24. The Kier molecular flexibility index (Phi) is 18.5. The summed E-state index contributed by atoms with van der Waals surface area (Å²) in [6, 6.07) is 53.7. The fraction of sp³-hybridized carbons (Fsp3) is 0.222. The van der Waals surface area contributed by atoms with Gasteiger partial charge in [0.05, 0.1) is 39.6 Å². The highest BCUT2D eigenvalue weighted by Gasteiger charge is 2.22. The smallest absolute Gasteiger partial charge is 0.339 e. The topological polar surface area (TPSA) is 169 Å². The normalized spacial score (nSPS) is 11.2. The number of ether oxygens (including phenoxy) is 5. The number of benzene rings is 8. The van der Waals surface area contributed by atoms with E-state index in [1.807, 2.05) is 160 Å². The number of hydrogen-bond acceptors (Lipinski definition) is 9. The summed E-state index contributed by atoms with van der Waals surface area (Å²) in [6.07, 6.45) is 0. The molecular formula is C72H72N4O10. The number of aromatic nitrogens is 2. The first-order valence-corrected chi connectivity index (χ1v) is 28.3. The molecule has 0 fully saturated rings. The van der Waals surface area contributed by atoms with E-state index in [1.54, 1.807) is 46.6 Å². The number of aromatic carboxylic acids is 1. The molecule has 2 amide bonds. The second-order valence-corrected chi connectivity index (χ2v) is 22.1. The first kappa shape index (κ1) is 60.5. The SMILES string of the molecule is COc1ccc(CNC(=O)c2ccc3c(c2)c(C)c(C)n3Cc2ccc(-c3ccccc3C(=O)O)cc2)cc1OC.COc1ccc(CNC(=O)c2ccc3c(c2)c(C)c(C)n3Cc2ccc(-c3ccccc3C(=O)OC(C)(C)C)cc2)cc1OC. The molecule has 10 rings (SSSR count). The van der Waals surface area contributed by atoms with Crippen LogP contribution in [0.15, 0.2) is 170 Å². The molecule has 0 saturated carbocycles. The number of methoxy groups -OCH3 is 4. The lowest BCUT2D eigenvalue weighted by Gasteiger charge is -2.20. The molecule has 3 N–H and O–H groups in total. The Labute approximate surface area is 501 Å². The standard InChI is InChI=1S/C38H40N2O5.C34H32N2O5/c1-24-25(2)40(23-26-12-15-28(16-13-26)30-10-8-9-11-31(30)37(42)45-38(3,4)5)33-18-17-29(21-32(24)33)36(41)39-22-27-14-19-34(43-6)35(20-27)44-7;1-21-22(2)36(20-23-9-12-25(13-10-23)27-7-5-6-8-28(27)34(38)39)30-15-14-26(18-29(21)30)33(37)35-19-24-11-16-31(40-3)32(17-24)41-4/h8-21H,22-23H2,1-7H3,(H,39,41);5-18H,19-20H2,1-4H3,(H,35,37)(H,38,39). The van der Waals surface area contributed by atoms with E-state index < -0.39 is 11.6 Å². The van der Waals surface area contributed by atoms with Crippen molar-refractivity contribution in [2.45, 2.75) is 80.2 Å². The van der Waals surface area contributed by atoms with Crippen molar-refractivity contribution in [1.29, 1.82) is 0 Å². The number of rotatable bonds is 18. The van der Waals surface area contributed by atoms with E-state index in [0.717, 1.165) is 83.3 Å². The van der Waals surface area contributed by atoms with Gasteiger partial charge in [-0.3, -0.25) is 9.59 Å². The van der Waals surface area contributed by atoms with E-state index in [1.165, 1.54) is 0 Å². The predicted octanol–water partition coefficient (Wildman–Crippen LogP) is 14.5. The van der Waals surface area contributed by atoms with Crippen molar-refractivity contribution in [2.75, 3.05) is 28.4 Å². The van der Waals surface area contributed by atoms with Crippen LogP contribution in [0.25, 0.3) is 44.1 Å². The van der Waals surface area contributed by atoms with Crippen LogP contribution in [-0.4, -0.2) is 72.0 Å². The van der Waals surface area contributed by atoms with Crippen LogP contribution in [-0.2, 0) is 30.9 Å². The van der Waals surface area contributed by atoms with Gasteiger partial charge in [-0.1, -0.05) is 97.1 Å². The molecule has 0 atom stereocenters. The van der Waals surface area contributed by atoms with Gasteiger partial charge in [0.25, 0.3) is 11.8 Å². The molecule has 0 saturated heterocycles. The fourth-order valence-corrected chi connectivity index (χ4v) is 10.7. The number of carbonyl (C=O) groups is 4. The van der Waals surface area contributed by atoms with Crippen LogP contribution in [0.1, 0.15) is 107 Å². The molecule has 440 valence electrons. The maximum atomic E-state index is 13.1. The van der Waals surface area contributed by atoms with Crippen LogP contribution in [0, 0.1) is 27.7 Å². The molecule has 0 aliphatic rings. The third kappa shape index (κ3) is 13.5. The Morgan fingerprint density at radius 2 is 0.837 bits per heavy atom. The van der Waals surface area contributed by atoms with Crippen LogP contribution in [0.3, 0.4) is 0 Å². The number of carbonyl (C=O) groups excluding carboxylic acids is 3. The Morgan fingerprint density at radius 1 is 0.453 bits per heavy atom. The van der Waals surface area contributed by atoms with Crippen molar-refractivity contribution in [1.82, 2.24) is 19.8 Å². The molecule has 2 aromatic heterocycles. The molecule has 0 bridgehead atoms. The van der Waals surface area contributed by atoms with Gasteiger partial charge in [0.15, 0.2) is 23.0 Å². The summed E-state index contributed by atoms with van der Waals surface area (Å²) in [7, 11) is 6.36. The molecule has 10 aromatic rings. The maximum Gasteiger partial charge on any atom is 0.339 e.